The maximum absolute atomic E-state index is 12.1. The lowest BCUT2D eigenvalue weighted by Crippen LogP contribution is -2.12. The number of furan rings is 1. The summed E-state index contributed by atoms with van der Waals surface area (Å²) in [7, 11) is -2.70. The number of hydrogen-bond acceptors (Lipinski definition) is 5. The highest BCUT2D eigenvalue weighted by Gasteiger charge is 2.21. The van der Waals surface area contributed by atoms with Crippen LogP contribution < -0.4 is 4.72 Å². The van der Waals surface area contributed by atoms with Crippen LogP contribution in [0.25, 0.3) is 0 Å². The molecule has 0 saturated heterocycles. The quantitative estimate of drug-likeness (QED) is 0.622. The van der Waals surface area contributed by atoms with Gasteiger partial charge in [-0.05, 0) is 52.9 Å². The van der Waals surface area contributed by atoms with E-state index in [1.54, 1.807) is 18.2 Å². The van der Waals surface area contributed by atoms with Gasteiger partial charge in [-0.2, -0.15) is 8.42 Å². The van der Waals surface area contributed by atoms with Crippen LogP contribution in [-0.4, -0.2) is 21.5 Å². The second kappa shape index (κ2) is 5.83. The van der Waals surface area contributed by atoms with Gasteiger partial charge in [0, 0.05) is 9.26 Å². The Bertz CT molecular complexity index is 738. The zero-order valence-electron chi connectivity index (χ0n) is 10.3. The number of methoxy groups -OCH3 is 1. The van der Waals surface area contributed by atoms with Crippen LogP contribution in [0.4, 0.5) is 5.69 Å². The van der Waals surface area contributed by atoms with Crippen molar-refractivity contribution in [2.24, 2.45) is 0 Å². The van der Waals surface area contributed by atoms with E-state index in [9.17, 15) is 13.2 Å². The van der Waals surface area contributed by atoms with Crippen LogP contribution in [0.3, 0.4) is 0 Å². The van der Waals surface area contributed by atoms with Gasteiger partial charge >= 0.3 is 5.97 Å². The molecule has 0 aliphatic rings. The molecule has 106 valence electrons. The molecule has 1 aromatic heterocycles. The molecule has 0 amide bonds. The van der Waals surface area contributed by atoms with Crippen molar-refractivity contribution >= 4 is 44.3 Å². The first kappa shape index (κ1) is 14.9. The predicted octanol–water partition coefficient (Wildman–Crippen LogP) is 2.47. The van der Waals surface area contributed by atoms with Crippen molar-refractivity contribution in [3.63, 3.8) is 0 Å². The van der Waals surface area contributed by atoms with Crippen molar-refractivity contribution in [1.29, 1.82) is 0 Å². The summed E-state index contributed by atoms with van der Waals surface area (Å²) in [5.74, 6) is -0.906. The van der Waals surface area contributed by atoms with Crippen LogP contribution in [0, 0.1) is 3.57 Å². The zero-order valence-corrected chi connectivity index (χ0v) is 13.3. The maximum atomic E-state index is 12.1. The van der Waals surface area contributed by atoms with Crippen LogP contribution in [-0.2, 0) is 14.8 Å². The molecular formula is C12H10INO5S. The van der Waals surface area contributed by atoms with E-state index in [0.717, 1.165) is 3.57 Å². The van der Waals surface area contributed by atoms with Crippen molar-refractivity contribution in [2.75, 3.05) is 11.8 Å². The summed E-state index contributed by atoms with van der Waals surface area (Å²) in [6.07, 6.45) is 0. The number of rotatable bonds is 4. The van der Waals surface area contributed by atoms with E-state index in [2.05, 4.69) is 32.0 Å². The molecule has 0 bridgehead atoms. The first-order valence-electron chi connectivity index (χ1n) is 5.39. The van der Waals surface area contributed by atoms with Crippen molar-refractivity contribution in [3.05, 3.63) is 45.7 Å². The van der Waals surface area contributed by atoms with E-state index < -0.39 is 16.0 Å². The minimum Gasteiger partial charge on any atom is -0.463 e. The molecule has 0 fully saturated rings. The molecule has 0 saturated carbocycles. The third-order valence-electron chi connectivity index (χ3n) is 2.31. The number of esters is 1. The molecule has 1 heterocycles. The van der Waals surface area contributed by atoms with E-state index in [4.69, 9.17) is 4.42 Å². The number of halogens is 1. The number of hydrogen-bond donors (Lipinski definition) is 1. The summed E-state index contributed by atoms with van der Waals surface area (Å²) in [5, 5.41) is -0.350. The standard InChI is InChI=1S/C12H10INO5S/c1-18-12(15)10-5-6-11(19-10)20(16,17)14-9-4-2-3-8(13)7-9/h2-7,14H,1H3. The molecule has 20 heavy (non-hydrogen) atoms. The van der Waals surface area contributed by atoms with Gasteiger partial charge in [0.2, 0.25) is 10.9 Å². The SMILES string of the molecule is COC(=O)c1ccc(S(=O)(=O)Nc2cccc(I)c2)o1. The van der Waals surface area contributed by atoms with E-state index in [0.29, 0.717) is 5.69 Å². The molecule has 0 aliphatic carbocycles. The summed E-state index contributed by atoms with van der Waals surface area (Å²) >= 11 is 2.07. The Hall–Kier alpha value is -1.55. The third-order valence-corrected chi connectivity index (χ3v) is 4.23. The summed E-state index contributed by atoms with van der Waals surface area (Å²) in [5.41, 5.74) is 0.410. The lowest BCUT2D eigenvalue weighted by Gasteiger charge is -2.05. The normalized spacial score (nSPS) is 11.1. The van der Waals surface area contributed by atoms with Crippen molar-refractivity contribution < 1.29 is 22.4 Å². The Morgan fingerprint density at radius 3 is 2.70 bits per heavy atom. The molecule has 0 unspecified atom stereocenters. The van der Waals surface area contributed by atoms with Crippen LogP contribution in [0.15, 0.2) is 45.9 Å². The molecular weight excluding hydrogens is 397 g/mol. The molecule has 2 aromatic rings. The number of carbonyl (C=O) groups excluding carboxylic acids is 1. The summed E-state index contributed by atoms with van der Waals surface area (Å²) in [6, 6.07) is 9.28. The van der Waals surface area contributed by atoms with E-state index >= 15 is 0 Å². The van der Waals surface area contributed by atoms with Crippen LogP contribution >= 0.6 is 22.6 Å². The molecule has 0 radical (unpaired) electrons. The smallest absolute Gasteiger partial charge is 0.374 e. The van der Waals surface area contributed by atoms with Gasteiger partial charge in [0.05, 0.1) is 7.11 Å². The van der Waals surface area contributed by atoms with Gasteiger partial charge in [0.15, 0.2) is 0 Å². The summed E-state index contributed by atoms with van der Waals surface area (Å²) in [6.45, 7) is 0. The summed E-state index contributed by atoms with van der Waals surface area (Å²) < 4.78 is 36.8. The van der Waals surface area contributed by atoms with Gasteiger partial charge in [0.1, 0.15) is 0 Å². The molecule has 0 atom stereocenters. The maximum Gasteiger partial charge on any atom is 0.374 e. The zero-order chi connectivity index (χ0) is 14.8. The Morgan fingerprint density at radius 1 is 1.30 bits per heavy atom. The van der Waals surface area contributed by atoms with Crippen LogP contribution in [0.5, 0.6) is 0 Å². The second-order valence-electron chi connectivity index (χ2n) is 3.73. The molecule has 8 heteroatoms. The number of nitrogens with one attached hydrogen (secondary N) is 1. The highest BCUT2D eigenvalue weighted by Crippen LogP contribution is 2.20. The Kier molecular flexibility index (Phi) is 4.33. The minimum absolute atomic E-state index is 0.171. The first-order valence-corrected chi connectivity index (χ1v) is 7.95. The molecule has 0 spiro atoms. The third kappa shape index (κ3) is 3.31. The Morgan fingerprint density at radius 2 is 2.05 bits per heavy atom. The highest BCUT2D eigenvalue weighted by atomic mass is 127. The lowest BCUT2D eigenvalue weighted by atomic mass is 10.3. The lowest BCUT2D eigenvalue weighted by molar-refractivity contribution is 0.0559. The van der Waals surface area contributed by atoms with Gasteiger partial charge in [0.25, 0.3) is 10.0 Å². The first-order chi connectivity index (χ1) is 9.42. The molecule has 2 rings (SSSR count). The topological polar surface area (TPSA) is 85.6 Å². The fourth-order valence-corrected chi connectivity index (χ4v) is 2.96. The Labute approximate surface area is 129 Å². The molecule has 1 aromatic carbocycles. The summed E-state index contributed by atoms with van der Waals surface area (Å²) in [4.78, 5) is 11.2. The van der Waals surface area contributed by atoms with Crippen LogP contribution in [0.2, 0.25) is 0 Å². The van der Waals surface area contributed by atoms with Gasteiger partial charge < -0.3 is 9.15 Å². The predicted molar refractivity (Wildman–Crippen MR) is 80.0 cm³/mol. The second-order valence-corrected chi connectivity index (χ2v) is 6.59. The molecule has 0 aliphatic heterocycles. The Balaban J connectivity index is 2.27. The van der Waals surface area contributed by atoms with E-state index in [1.807, 2.05) is 6.07 Å². The van der Waals surface area contributed by atoms with E-state index in [1.165, 1.54) is 19.2 Å². The minimum atomic E-state index is -3.88. The van der Waals surface area contributed by atoms with Crippen molar-refractivity contribution in [2.45, 2.75) is 5.09 Å². The van der Waals surface area contributed by atoms with Gasteiger partial charge in [-0.15, -0.1) is 0 Å². The van der Waals surface area contributed by atoms with Crippen molar-refractivity contribution in [1.82, 2.24) is 0 Å². The fraction of sp³-hybridized carbons (Fsp3) is 0.0833. The average Bonchev–Trinajstić information content (AvgIpc) is 2.87. The van der Waals surface area contributed by atoms with Gasteiger partial charge in [-0.1, -0.05) is 6.07 Å². The van der Waals surface area contributed by atoms with Crippen molar-refractivity contribution in [3.8, 4) is 0 Å². The monoisotopic (exact) mass is 407 g/mol. The molecule has 1 N–H and O–H groups in total. The largest absolute Gasteiger partial charge is 0.463 e. The molecule has 6 nitrogen and oxygen atoms in total. The fourth-order valence-electron chi connectivity index (χ4n) is 1.43. The number of benzene rings is 1. The van der Waals surface area contributed by atoms with Gasteiger partial charge in [-0.25, -0.2) is 4.79 Å². The average molecular weight is 407 g/mol. The number of anilines is 1. The number of carbonyl (C=O) groups is 1. The number of ether oxygens (including phenoxy) is 1. The highest BCUT2D eigenvalue weighted by molar-refractivity contribution is 14.1. The number of sulfonamides is 1. The van der Waals surface area contributed by atoms with Gasteiger partial charge in [-0.3, -0.25) is 4.72 Å². The van der Waals surface area contributed by atoms with Crippen LogP contribution in [0.1, 0.15) is 10.6 Å². The van der Waals surface area contributed by atoms with E-state index in [-0.39, 0.29) is 10.9 Å².